The molecule has 6 nitrogen and oxygen atoms in total. The molecule has 27 heavy (non-hydrogen) atoms. The summed E-state index contributed by atoms with van der Waals surface area (Å²) in [6, 6.07) is 9.89. The van der Waals surface area contributed by atoms with E-state index < -0.39 is 0 Å². The van der Waals surface area contributed by atoms with E-state index in [0.717, 1.165) is 58.8 Å². The van der Waals surface area contributed by atoms with Crippen LogP contribution in [0.2, 0.25) is 0 Å². The minimum Gasteiger partial charge on any atom is -0.396 e. The molecule has 0 saturated carbocycles. The molecular weight excluding hydrogens is 358 g/mol. The van der Waals surface area contributed by atoms with Crippen LogP contribution in [0.3, 0.4) is 0 Å². The first-order valence-electron chi connectivity index (χ1n) is 9.20. The fraction of sp³-hybridized carbons (Fsp3) is 0.350. The Labute approximate surface area is 162 Å². The first kappa shape index (κ1) is 17.9. The molecule has 0 aromatic carbocycles. The van der Waals surface area contributed by atoms with Gasteiger partial charge in [-0.1, -0.05) is 17.4 Å². The lowest BCUT2D eigenvalue weighted by atomic mass is 10.00. The molecule has 4 rings (SSSR count). The molecule has 2 N–H and O–H groups in total. The van der Waals surface area contributed by atoms with Crippen molar-refractivity contribution in [2.75, 3.05) is 29.9 Å². The zero-order valence-corrected chi connectivity index (χ0v) is 16.1. The second-order valence-corrected chi connectivity index (χ2v) is 7.90. The highest BCUT2D eigenvalue weighted by atomic mass is 32.1. The van der Waals surface area contributed by atoms with Crippen LogP contribution in [0.1, 0.15) is 18.4 Å². The molecule has 0 radical (unpaired) electrons. The monoisotopic (exact) mass is 381 g/mol. The second-order valence-electron chi connectivity index (χ2n) is 6.90. The Balaban J connectivity index is 1.51. The molecule has 1 aliphatic rings. The number of nitrogens with one attached hydrogen (secondary N) is 1. The van der Waals surface area contributed by atoms with E-state index in [9.17, 15) is 5.11 Å². The van der Waals surface area contributed by atoms with Crippen LogP contribution in [-0.2, 0) is 0 Å². The highest BCUT2D eigenvalue weighted by molar-refractivity contribution is 7.18. The van der Waals surface area contributed by atoms with Gasteiger partial charge in [-0.25, -0.2) is 15.0 Å². The van der Waals surface area contributed by atoms with Crippen LogP contribution in [0, 0.1) is 12.8 Å². The van der Waals surface area contributed by atoms with Crippen LogP contribution >= 0.6 is 11.3 Å². The molecule has 7 heteroatoms. The van der Waals surface area contributed by atoms with Gasteiger partial charge in [0, 0.05) is 32.1 Å². The predicted octanol–water partition coefficient (Wildman–Crippen LogP) is 3.86. The molecule has 4 heterocycles. The maximum Gasteiger partial charge on any atom is 0.185 e. The Bertz CT molecular complexity index is 913. The molecule has 1 aliphatic heterocycles. The fourth-order valence-corrected chi connectivity index (χ4v) is 4.22. The first-order valence-corrected chi connectivity index (χ1v) is 10.0. The van der Waals surface area contributed by atoms with Crippen molar-refractivity contribution >= 4 is 28.1 Å². The van der Waals surface area contributed by atoms with Gasteiger partial charge < -0.3 is 15.3 Å². The Morgan fingerprint density at radius 1 is 1.26 bits per heavy atom. The number of rotatable bonds is 5. The van der Waals surface area contributed by atoms with Gasteiger partial charge in [0.2, 0.25) is 0 Å². The Morgan fingerprint density at radius 2 is 2.19 bits per heavy atom. The van der Waals surface area contributed by atoms with Gasteiger partial charge in [0.05, 0.1) is 10.6 Å². The van der Waals surface area contributed by atoms with E-state index in [0.29, 0.717) is 5.92 Å². The number of pyridine rings is 2. The van der Waals surface area contributed by atoms with E-state index >= 15 is 0 Å². The lowest BCUT2D eigenvalue weighted by Crippen LogP contribution is -2.36. The molecule has 0 amide bonds. The quantitative estimate of drug-likeness (QED) is 0.699. The number of hydrogen-bond acceptors (Lipinski definition) is 7. The second kappa shape index (κ2) is 8.02. The molecule has 0 bridgehead atoms. The van der Waals surface area contributed by atoms with Crippen molar-refractivity contribution in [2.45, 2.75) is 19.8 Å². The van der Waals surface area contributed by atoms with Crippen molar-refractivity contribution in [3.8, 4) is 10.6 Å². The lowest BCUT2D eigenvalue weighted by Gasteiger charge is -2.31. The van der Waals surface area contributed by atoms with Crippen LogP contribution in [0.5, 0.6) is 0 Å². The van der Waals surface area contributed by atoms with Crippen LogP contribution in [0.15, 0.2) is 42.7 Å². The molecule has 140 valence electrons. The number of aryl methyl sites for hydroxylation is 1. The van der Waals surface area contributed by atoms with Crippen molar-refractivity contribution in [3.63, 3.8) is 0 Å². The maximum atomic E-state index is 9.44. The van der Waals surface area contributed by atoms with E-state index in [1.165, 1.54) is 0 Å². The van der Waals surface area contributed by atoms with Gasteiger partial charge >= 0.3 is 0 Å². The summed E-state index contributed by atoms with van der Waals surface area (Å²) in [5.74, 6) is 1.89. The third-order valence-electron chi connectivity index (χ3n) is 4.71. The number of hydrogen-bond donors (Lipinski definition) is 2. The van der Waals surface area contributed by atoms with Gasteiger partial charge in [-0.05, 0) is 55.5 Å². The zero-order chi connectivity index (χ0) is 18.6. The largest absolute Gasteiger partial charge is 0.396 e. The Kier molecular flexibility index (Phi) is 5.31. The van der Waals surface area contributed by atoms with Crippen LogP contribution in [-0.4, -0.2) is 39.8 Å². The van der Waals surface area contributed by atoms with Crippen molar-refractivity contribution in [2.24, 2.45) is 5.92 Å². The SMILES string of the molecule is Cc1ccnc(Nc2cccc(-c3cnc(N4CCC[C@@H](CO)C4)s3)n2)c1. The molecule has 1 fully saturated rings. The summed E-state index contributed by atoms with van der Waals surface area (Å²) in [4.78, 5) is 17.0. The van der Waals surface area contributed by atoms with Crippen molar-refractivity contribution in [3.05, 3.63) is 48.3 Å². The predicted molar refractivity (Wildman–Crippen MR) is 110 cm³/mol. The number of aliphatic hydroxyl groups excluding tert-OH is 1. The van der Waals surface area contributed by atoms with E-state index in [1.807, 2.05) is 43.5 Å². The summed E-state index contributed by atoms with van der Waals surface area (Å²) < 4.78 is 0. The van der Waals surface area contributed by atoms with E-state index in [-0.39, 0.29) is 6.61 Å². The van der Waals surface area contributed by atoms with E-state index in [4.69, 9.17) is 4.98 Å². The highest BCUT2D eigenvalue weighted by Gasteiger charge is 2.21. The first-order chi connectivity index (χ1) is 13.2. The van der Waals surface area contributed by atoms with Crippen molar-refractivity contribution < 1.29 is 5.11 Å². The van der Waals surface area contributed by atoms with Gasteiger partial charge in [-0.2, -0.15) is 0 Å². The fourth-order valence-electron chi connectivity index (χ4n) is 3.29. The topological polar surface area (TPSA) is 74.2 Å². The number of thiazole rings is 1. The van der Waals surface area contributed by atoms with Crippen molar-refractivity contribution in [1.82, 2.24) is 15.0 Å². The number of aliphatic hydroxyl groups is 1. The number of anilines is 3. The molecule has 3 aromatic rings. The highest BCUT2D eigenvalue weighted by Crippen LogP contribution is 2.33. The van der Waals surface area contributed by atoms with Crippen LogP contribution in [0.25, 0.3) is 10.6 Å². The maximum absolute atomic E-state index is 9.44. The smallest absolute Gasteiger partial charge is 0.185 e. The molecule has 0 unspecified atom stereocenters. The van der Waals surface area contributed by atoms with Gasteiger partial charge in [0.25, 0.3) is 0 Å². The zero-order valence-electron chi connectivity index (χ0n) is 15.3. The summed E-state index contributed by atoms with van der Waals surface area (Å²) >= 11 is 1.65. The van der Waals surface area contributed by atoms with E-state index in [2.05, 4.69) is 20.2 Å². The van der Waals surface area contributed by atoms with Crippen LogP contribution < -0.4 is 10.2 Å². The Hall–Kier alpha value is -2.51. The number of nitrogens with zero attached hydrogens (tertiary/aromatic N) is 4. The standard InChI is InChI=1S/C20H23N5OS/c1-14-7-8-21-19(10-14)24-18-6-2-5-16(23-18)17-11-22-20(27-17)25-9-3-4-15(12-25)13-26/h2,5-8,10-11,15,26H,3-4,9,12-13H2,1H3,(H,21,23,24)/t15-/m1/s1. The van der Waals surface area contributed by atoms with Gasteiger partial charge in [-0.15, -0.1) is 0 Å². The van der Waals surface area contributed by atoms with Gasteiger partial charge in [0.15, 0.2) is 5.13 Å². The number of piperidine rings is 1. The van der Waals surface area contributed by atoms with Gasteiger partial charge in [-0.3, -0.25) is 0 Å². The molecule has 0 spiro atoms. The third-order valence-corrected chi connectivity index (χ3v) is 5.79. The normalized spacial score (nSPS) is 17.1. The molecule has 0 aliphatic carbocycles. The number of aromatic nitrogens is 3. The van der Waals surface area contributed by atoms with Crippen molar-refractivity contribution in [1.29, 1.82) is 0 Å². The Morgan fingerprint density at radius 3 is 3.04 bits per heavy atom. The van der Waals surface area contributed by atoms with Crippen LogP contribution in [0.4, 0.5) is 16.8 Å². The molecule has 3 aromatic heterocycles. The van der Waals surface area contributed by atoms with E-state index in [1.54, 1.807) is 17.5 Å². The summed E-state index contributed by atoms with van der Waals surface area (Å²) in [5.41, 5.74) is 2.05. The molecular formula is C20H23N5OS. The molecule has 1 atom stereocenters. The average Bonchev–Trinajstić information content (AvgIpc) is 3.19. The summed E-state index contributed by atoms with van der Waals surface area (Å²) in [6.07, 6.45) is 5.86. The summed E-state index contributed by atoms with van der Waals surface area (Å²) in [5, 5.41) is 13.7. The minimum atomic E-state index is 0.247. The minimum absolute atomic E-state index is 0.247. The lowest BCUT2D eigenvalue weighted by molar-refractivity contribution is 0.208. The molecule has 1 saturated heterocycles. The third kappa shape index (κ3) is 4.26. The summed E-state index contributed by atoms with van der Waals surface area (Å²) in [7, 11) is 0. The average molecular weight is 382 g/mol. The summed E-state index contributed by atoms with van der Waals surface area (Å²) in [6.45, 7) is 4.16. The van der Waals surface area contributed by atoms with Gasteiger partial charge in [0.1, 0.15) is 11.6 Å².